The molecule has 0 bridgehead atoms. The van der Waals surface area contributed by atoms with Gasteiger partial charge in [0.05, 0.1) is 11.1 Å². The van der Waals surface area contributed by atoms with E-state index in [0.717, 1.165) is 5.02 Å². The molecule has 0 aliphatic rings. The smallest absolute Gasteiger partial charge is 0.0686 e. The lowest BCUT2D eigenvalue weighted by molar-refractivity contribution is 0.682. The van der Waals surface area contributed by atoms with E-state index in [0.29, 0.717) is 11.8 Å². The van der Waals surface area contributed by atoms with Crippen LogP contribution in [0, 0.1) is 0 Å². The zero-order valence-electron chi connectivity index (χ0n) is 13.4. The first-order chi connectivity index (χ1) is 9.95. The Morgan fingerprint density at radius 3 is 2.19 bits per heavy atom. The van der Waals surface area contributed by atoms with Crippen molar-refractivity contribution < 1.29 is 0 Å². The zero-order chi connectivity index (χ0) is 15.6. The number of halogens is 1. The highest BCUT2D eigenvalue weighted by molar-refractivity contribution is 7.10. The van der Waals surface area contributed by atoms with E-state index in [-0.39, 0.29) is 6.04 Å². The first kappa shape index (κ1) is 16.5. The van der Waals surface area contributed by atoms with Crippen LogP contribution in [0.15, 0.2) is 29.6 Å². The lowest BCUT2D eigenvalue weighted by Crippen LogP contribution is -2.19. The summed E-state index contributed by atoms with van der Waals surface area (Å²) in [6.45, 7) is 8.99. The van der Waals surface area contributed by atoms with Gasteiger partial charge in [-0.25, -0.2) is 0 Å². The molecular formula is C18H24ClNS. The Kier molecular flexibility index (Phi) is 5.48. The summed E-state index contributed by atoms with van der Waals surface area (Å²) in [5.74, 6) is 1.04. The van der Waals surface area contributed by atoms with Gasteiger partial charge in [-0.1, -0.05) is 57.5 Å². The van der Waals surface area contributed by atoms with Gasteiger partial charge >= 0.3 is 0 Å². The average molecular weight is 322 g/mol. The van der Waals surface area contributed by atoms with E-state index in [1.165, 1.54) is 21.6 Å². The molecule has 1 nitrogen and oxygen atoms in total. The van der Waals surface area contributed by atoms with Crippen LogP contribution in [-0.2, 0) is 0 Å². The molecule has 1 aromatic carbocycles. The first-order valence-electron chi connectivity index (χ1n) is 7.49. The van der Waals surface area contributed by atoms with Crippen LogP contribution in [0.5, 0.6) is 0 Å². The van der Waals surface area contributed by atoms with Crippen LogP contribution in [-0.4, -0.2) is 7.05 Å². The maximum Gasteiger partial charge on any atom is 0.0686 e. The summed E-state index contributed by atoms with van der Waals surface area (Å²) in [5.41, 5.74) is 4.14. The van der Waals surface area contributed by atoms with E-state index in [2.05, 4.69) is 56.6 Å². The minimum absolute atomic E-state index is 0.163. The summed E-state index contributed by atoms with van der Waals surface area (Å²) >= 11 is 8.06. The fraction of sp³-hybridized carbons (Fsp3) is 0.444. The Hall–Kier alpha value is -0.830. The SMILES string of the molecule is CNC(c1ccc(C(C)C)cc1C(C)C)c1sccc1Cl. The van der Waals surface area contributed by atoms with Crippen molar-refractivity contribution in [3.63, 3.8) is 0 Å². The Labute approximate surface area is 137 Å². The normalized spacial score (nSPS) is 13.1. The highest BCUT2D eigenvalue weighted by Gasteiger charge is 2.21. The van der Waals surface area contributed by atoms with Crippen LogP contribution in [0.4, 0.5) is 0 Å². The van der Waals surface area contributed by atoms with Crippen molar-refractivity contribution in [2.45, 2.75) is 45.6 Å². The Bertz CT molecular complexity index is 601. The van der Waals surface area contributed by atoms with Crippen molar-refractivity contribution in [2.24, 2.45) is 0 Å². The fourth-order valence-corrected chi connectivity index (χ4v) is 3.95. The minimum atomic E-state index is 0.163. The van der Waals surface area contributed by atoms with E-state index in [4.69, 9.17) is 11.6 Å². The van der Waals surface area contributed by atoms with Crippen LogP contribution in [0.25, 0.3) is 0 Å². The minimum Gasteiger partial charge on any atom is -0.309 e. The molecule has 2 rings (SSSR count). The maximum absolute atomic E-state index is 6.35. The fourth-order valence-electron chi connectivity index (χ4n) is 2.65. The van der Waals surface area contributed by atoms with Crippen molar-refractivity contribution in [3.05, 3.63) is 56.2 Å². The second kappa shape index (κ2) is 6.95. The van der Waals surface area contributed by atoms with Crippen LogP contribution < -0.4 is 5.32 Å². The van der Waals surface area contributed by atoms with Gasteiger partial charge in [-0.2, -0.15) is 0 Å². The van der Waals surface area contributed by atoms with Crippen molar-refractivity contribution in [1.29, 1.82) is 0 Å². The van der Waals surface area contributed by atoms with Gasteiger partial charge in [-0.05, 0) is 47.0 Å². The molecule has 3 heteroatoms. The molecule has 2 aromatic rings. The van der Waals surface area contributed by atoms with Gasteiger partial charge in [-0.15, -0.1) is 11.3 Å². The predicted octanol–water partition coefficient (Wildman–Crippen LogP) is 5.96. The molecule has 0 amide bonds. The number of hydrogen-bond donors (Lipinski definition) is 1. The van der Waals surface area contributed by atoms with Crippen molar-refractivity contribution in [1.82, 2.24) is 5.32 Å². The van der Waals surface area contributed by atoms with Crippen LogP contribution in [0.1, 0.15) is 67.1 Å². The summed E-state index contributed by atoms with van der Waals surface area (Å²) in [6, 6.07) is 9.01. The topological polar surface area (TPSA) is 12.0 Å². The molecule has 1 unspecified atom stereocenters. The molecule has 1 aromatic heterocycles. The van der Waals surface area contributed by atoms with Crippen molar-refractivity contribution in [3.8, 4) is 0 Å². The molecule has 0 aliphatic heterocycles. The molecule has 114 valence electrons. The molecule has 21 heavy (non-hydrogen) atoms. The summed E-state index contributed by atoms with van der Waals surface area (Å²) in [4.78, 5) is 1.19. The molecule has 0 saturated carbocycles. The zero-order valence-corrected chi connectivity index (χ0v) is 15.0. The number of nitrogens with one attached hydrogen (secondary N) is 1. The van der Waals surface area contributed by atoms with Gasteiger partial charge in [0.25, 0.3) is 0 Å². The summed E-state index contributed by atoms with van der Waals surface area (Å²) in [5, 5.41) is 6.34. The summed E-state index contributed by atoms with van der Waals surface area (Å²) in [7, 11) is 2.00. The second-order valence-corrected chi connectivity index (χ2v) is 7.41. The maximum atomic E-state index is 6.35. The van der Waals surface area contributed by atoms with Gasteiger partial charge in [-0.3, -0.25) is 0 Å². The van der Waals surface area contributed by atoms with Crippen LogP contribution in [0.3, 0.4) is 0 Å². The molecule has 0 spiro atoms. The lowest BCUT2D eigenvalue weighted by atomic mass is 9.88. The Balaban J connectivity index is 2.53. The van der Waals surface area contributed by atoms with E-state index in [1.807, 2.05) is 13.1 Å². The molecule has 1 heterocycles. The van der Waals surface area contributed by atoms with Gasteiger partial charge in [0.15, 0.2) is 0 Å². The van der Waals surface area contributed by atoms with Gasteiger partial charge in [0, 0.05) is 4.88 Å². The molecule has 0 aliphatic carbocycles. The molecule has 0 fully saturated rings. The monoisotopic (exact) mass is 321 g/mol. The number of rotatable bonds is 5. The van der Waals surface area contributed by atoms with Crippen LogP contribution >= 0.6 is 22.9 Å². The number of benzene rings is 1. The third-order valence-electron chi connectivity index (χ3n) is 3.91. The van der Waals surface area contributed by atoms with E-state index < -0.39 is 0 Å². The molecule has 0 radical (unpaired) electrons. The number of thiophene rings is 1. The lowest BCUT2D eigenvalue weighted by Gasteiger charge is -2.23. The third kappa shape index (κ3) is 3.50. The Morgan fingerprint density at radius 1 is 1.00 bits per heavy atom. The molecular weight excluding hydrogens is 298 g/mol. The second-order valence-electron chi connectivity index (χ2n) is 6.05. The largest absolute Gasteiger partial charge is 0.309 e. The quantitative estimate of drug-likeness (QED) is 0.716. The van der Waals surface area contributed by atoms with Gasteiger partial charge in [0.2, 0.25) is 0 Å². The molecule has 0 saturated heterocycles. The van der Waals surface area contributed by atoms with E-state index in [1.54, 1.807) is 11.3 Å². The van der Waals surface area contributed by atoms with Gasteiger partial charge in [0.1, 0.15) is 0 Å². The van der Waals surface area contributed by atoms with Crippen LogP contribution in [0.2, 0.25) is 5.02 Å². The average Bonchev–Trinajstić information content (AvgIpc) is 2.86. The predicted molar refractivity (Wildman–Crippen MR) is 94.9 cm³/mol. The van der Waals surface area contributed by atoms with Crippen molar-refractivity contribution >= 4 is 22.9 Å². The highest BCUT2D eigenvalue weighted by atomic mass is 35.5. The standard InChI is InChI=1S/C18H24ClNS/c1-11(2)13-6-7-14(15(10-13)12(3)4)17(20-5)18-16(19)8-9-21-18/h6-12,17,20H,1-5H3. The van der Waals surface area contributed by atoms with Crippen molar-refractivity contribution in [2.75, 3.05) is 7.05 Å². The van der Waals surface area contributed by atoms with E-state index in [9.17, 15) is 0 Å². The summed E-state index contributed by atoms with van der Waals surface area (Å²) < 4.78 is 0. The number of hydrogen-bond acceptors (Lipinski definition) is 2. The van der Waals surface area contributed by atoms with E-state index >= 15 is 0 Å². The highest BCUT2D eigenvalue weighted by Crippen LogP contribution is 2.37. The third-order valence-corrected chi connectivity index (χ3v) is 5.33. The summed E-state index contributed by atoms with van der Waals surface area (Å²) in [6.07, 6.45) is 0. The van der Waals surface area contributed by atoms with Gasteiger partial charge < -0.3 is 5.32 Å². The first-order valence-corrected chi connectivity index (χ1v) is 8.75. The Morgan fingerprint density at radius 2 is 1.71 bits per heavy atom. The molecule has 1 atom stereocenters. The molecule has 1 N–H and O–H groups in total.